The van der Waals surface area contributed by atoms with Crippen molar-refractivity contribution in [2.75, 3.05) is 5.75 Å². The Kier molecular flexibility index (Phi) is 8.49. The summed E-state index contributed by atoms with van der Waals surface area (Å²) in [7, 11) is -2.95. The first kappa shape index (κ1) is 21.2. The van der Waals surface area contributed by atoms with Crippen LogP contribution in [0.4, 0.5) is 0 Å². The molecule has 1 aromatic rings. The van der Waals surface area contributed by atoms with Gasteiger partial charge in [0.1, 0.15) is 0 Å². The molecule has 0 aliphatic carbocycles. The number of rotatable bonds is 10. The first-order valence-electron chi connectivity index (χ1n) is 9.48. The van der Waals surface area contributed by atoms with Gasteiger partial charge in [0.05, 0.1) is 10.5 Å². The molecular weight excluding hydrogens is 316 g/mol. The van der Waals surface area contributed by atoms with E-state index in [-0.39, 0.29) is 0 Å². The van der Waals surface area contributed by atoms with E-state index < -0.39 is 14.6 Å². The summed E-state index contributed by atoms with van der Waals surface area (Å²) in [5.74, 6) is 0.969. The number of sulfone groups is 1. The van der Waals surface area contributed by atoms with Crippen LogP contribution < -0.4 is 0 Å². The average Bonchev–Trinajstić information content (AvgIpc) is 2.52. The molecule has 0 amide bonds. The van der Waals surface area contributed by atoms with Gasteiger partial charge < -0.3 is 0 Å². The summed E-state index contributed by atoms with van der Waals surface area (Å²) in [6.45, 7) is 9.86. The standard InChI is InChI=1S/C21H36O2S/c1-6-18(2)20-15-13-19(14-16-20)12-10-8-7-9-11-17-24(22,23)21(3,4)5/h13-16,18H,6-12,17H2,1-5H3. The Morgan fingerprint density at radius 3 is 2.00 bits per heavy atom. The van der Waals surface area contributed by atoms with Gasteiger partial charge in [-0.3, -0.25) is 0 Å². The lowest BCUT2D eigenvalue weighted by Crippen LogP contribution is -2.30. The van der Waals surface area contributed by atoms with Crippen molar-refractivity contribution in [1.82, 2.24) is 0 Å². The van der Waals surface area contributed by atoms with E-state index in [2.05, 4.69) is 38.1 Å². The van der Waals surface area contributed by atoms with Gasteiger partial charge in [-0.15, -0.1) is 0 Å². The molecule has 24 heavy (non-hydrogen) atoms. The van der Waals surface area contributed by atoms with E-state index in [1.165, 1.54) is 30.4 Å². The molecule has 0 radical (unpaired) electrons. The van der Waals surface area contributed by atoms with Gasteiger partial charge in [-0.2, -0.15) is 0 Å². The van der Waals surface area contributed by atoms with Crippen LogP contribution in [0, 0.1) is 0 Å². The molecule has 0 N–H and O–H groups in total. The minimum absolute atomic E-state index is 0.327. The topological polar surface area (TPSA) is 34.1 Å². The number of aryl methyl sites for hydroxylation is 1. The van der Waals surface area contributed by atoms with E-state index in [1.54, 1.807) is 20.8 Å². The Labute approximate surface area is 150 Å². The second kappa shape index (κ2) is 9.60. The number of hydrogen-bond acceptors (Lipinski definition) is 2. The fourth-order valence-corrected chi connectivity index (χ4v) is 3.90. The van der Waals surface area contributed by atoms with Crippen molar-refractivity contribution in [3.05, 3.63) is 35.4 Å². The lowest BCUT2D eigenvalue weighted by atomic mass is 9.96. The summed E-state index contributed by atoms with van der Waals surface area (Å²) in [5.41, 5.74) is 2.85. The third kappa shape index (κ3) is 6.96. The zero-order chi connectivity index (χ0) is 18.2. The predicted molar refractivity (Wildman–Crippen MR) is 105 cm³/mol. The van der Waals surface area contributed by atoms with Crippen molar-refractivity contribution in [1.29, 1.82) is 0 Å². The monoisotopic (exact) mass is 352 g/mol. The summed E-state index contributed by atoms with van der Waals surface area (Å²) < 4.78 is 23.4. The van der Waals surface area contributed by atoms with Crippen LogP contribution in [0.2, 0.25) is 0 Å². The van der Waals surface area contributed by atoms with Crippen LogP contribution in [0.15, 0.2) is 24.3 Å². The highest BCUT2D eigenvalue weighted by Crippen LogP contribution is 2.20. The normalized spacial score (nSPS) is 13.9. The zero-order valence-electron chi connectivity index (χ0n) is 16.3. The van der Waals surface area contributed by atoms with Crippen LogP contribution in [0.3, 0.4) is 0 Å². The smallest absolute Gasteiger partial charge is 0.155 e. The van der Waals surface area contributed by atoms with Gasteiger partial charge in [-0.25, -0.2) is 8.42 Å². The molecule has 0 fully saturated rings. The molecule has 1 unspecified atom stereocenters. The second-order valence-electron chi connectivity index (χ2n) is 8.00. The van der Waals surface area contributed by atoms with Gasteiger partial charge in [-0.05, 0) is 63.5 Å². The van der Waals surface area contributed by atoms with Gasteiger partial charge in [0.25, 0.3) is 0 Å². The van der Waals surface area contributed by atoms with E-state index in [9.17, 15) is 8.42 Å². The van der Waals surface area contributed by atoms with Crippen molar-refractivity contribution in [2.24, 2.45) is 0 Å². The SMILES string of the molecule is CCC(C)c1ccc(CCCCCCCS(=O)(=O)C(C)(C)C)cc1. The minimum atomic E-state index is -2.95. The minimum Gasteiger partial charge on any atom is -0.228 e. The van der Waals surface area contributed by atoms with Gasteiger partial charge in [0.15, 0.2) is 9.84 Å². The third-order valence-corrected chi connectivity index (χ3v) is 7.66. The van der Waals surface area contributed by atoms with Gasteiger partial charge in [0, 0.05) is 0 Å². The van der Waals surface area contributed by atoms with Crippen molar-refractivity contribution >= 4 is 9.84 Å². The molecular formula is C21H36O2S. The van der Waals surface area contributed by atoms with Crippen LogP contribution in [-0.2, 0) is 16.3 Å². The highest BCUT2D eigenvalue weighted by molar-refractivity contribution is 7.92. The maximum absolute atomic E-state index is 12.0. The van der Waals surface area contributed by atoms with Crippen LogP contribution in [0.25, 0.3) is 0 Å². The second-order valence-corrected chi connectivity index (χ2v) is 10.9. The fraction of sp³-hybridized carbons (Fsp3) is 0.714. The van der Waals surface area contributed by atoms with Gasteiger partial charge in [-0.1, -0.05) is 57.4 Å². The van der Waals surface area contributed by atoms with E-state index in [0.717, 1.165) is 25.7 Å². The summed E-state index contributed by atoms with van der Waals surface area (Å²) >= 11 is 0. The Morgan fingerprint density at radius 1 is 0.917 bits per heavy atom. The summed E-state index contributed by atoms with van der Waals surface area (Å²) in [5, 5.41) is 0. The molecule has 1 rings (SSSR count). The van der Waals surface area contributed by atoms with Crippen LogP contribution in [-0.4, -0.2) is 18.9 Å². The van der Waals surface area contributed by atoms with Gasteiger partial charge in [0.2, 0.25) is 0 Å². The summed E-state index contributed by atoms with van der Waals surface area (Å²) in [4.78, 5) is 0. The van der Waals surface area contributed by atoms with Crippen LogP contribution >= 0.6 is 0 Å². The van der Waals surface area contributed by atoms with E-state index in [0.29, 0.717) is 11.7 Å². The molecule has 0 aromatic heterocycles. The molecule has 0 saturated heterocycles. The quantitative estimate of drug-likeness (QED) is 0.491. The van der Waals surface area contributed by atoms with E-state index in [4.69, 9.17) is 0 Å². The fourth-order valence-electron chi connectivity index (χ4n) is 2.71. The maximum Gasteiger partial charge on any atom is 0.155 e. The Bertz CT molecular complexity index is 565. The molecule has 1 aromatic carbocycles. The average molecular weight is 353 g/mol. The first-order valence-corrected chi connectivity index (χ1v) is 11.1. The molecule has 138 valence electrons. The largest absolute Gasteiger partial charge is 0.228 e. The van der Waals surface area contributed by atoms with Crippen molar-refractivity contribution in [3.8, 4) is 0 Å². The molecule has 0 spiro atoms. The molecule has 0 saturated carbocycles. The Morgan fingerprint density at radius 2 is 1.46 bits per heavy atom. The molecule has 0 aliphatic rings. The molecule has 3 heteroatoms. The number of benzene rings is 1. The van der Waals surface area contributed by atoms with Crippen molar-refractivity contribution in [2.45, 2.75) is 90.2 Å². The van der Waals surface area contributed by atoms with Crippen molar-refractivity contribution < 1.29 is 8.42 Å². The van der Waals surface area contributed by atoms with E-state index in [1.807, 2.05) is 0 Å². The third-order valence-electron chi connectivity index (χ3n) is 4.97. The summed E-state index contributed by atoms with van der Waals surface area (Å²) in [6.07, 6.45) is 7.62. The van der Waals surface area contributed by atoms with Crippen LogP contribution in [0.5, 0.6) is 0 Å². The van der Waals surface area contributed by atoms with Crippen LogP contribution in [0.1, 0.15) is 90.2 Å². The lowest BCUT2D eigenvalue weighted by Gasteiger charge is -2.18. The number of hydrogen-bond donors (Lipinski definition) is 0. The van der Waals surface area contributed by atoms with E-state index >= 15 is 0 Å². The first-order chi connectivity index (χ1) is 11.2. The summed E-state index contributed by atoms with van der Waals surface area (Å²) in [6, 6.07) is 9.05. The Balaban J connectivity index is 2.19. The predicted octanol–water partition coefficient (Wildman–Crippen LogP) is 5.91. The van der Waals surface area contributed by atoms with Crippen molar-refractivity contribution in [3.63, 3.8) is 0 Å². The zero-order valence-corrected chi connectivity index (χ0v) is 17.1. The molecule has 2 nitrogen and oxygen atoms in total. The molecule has 0 bridgehead atoms. The highest BCUT2D eigenvalue weighted by atomic mass is 32.2. The molecule has 1 atom stereocenters. The molecule has 0 aliphatic heterocycles. The highest BCUT2D eigenvalue weighted by Gasteiger charge is 2.27. The lowest BCUT2D eigenvalue weighted by molar-refractivity contribution is 0.552. The van der Waals surface area contributed by atoms with Gasteiger partial charge >= 0.3 is 0 Å². The molecule has 0 heterocycles. The number of unbranched alkanes of at least 4 members (excludes halogenated alkanes) is 4. The maximum atomic E-state index is 12.0. The Hall–Kier alpha value is -0.830.